The number of nitriles is 1. The van der Waals surface area contributed by atoms with Crippen molar-refractivity contribution < 1.29 is 9.53 Å². The molecule has 0 atom stereocenters. The predicted molar refractivity (Wildman–Crippen MR) is 82.9 cm³/mol. The first-order valence-corrected chi connectivity index (χ1v) is 6.88. The summed E-state index contributed by atoms with van der Waals surface area (Å²) in [5, 5.41) is 9.09. The van der Waals surface area contributed by atoms with Gasteiger partial charge in [0.15, 0.2) is 5.76 Å². The van der Waals surface area contributed by atoms with E-state index in [-0.39, 0.29) is 11.7 Å². The lowest BCUT2D eigenvalue weighted by Gasteiger charge is -2.15. The molecule has 0 aliphatic heterocycles. The molecule has 1 rings (SSSR count). The Balaban J connectivity index is 3.17. The molecular weight excluding hydrogens is 264 g/mol. The van der Waals surface area contributed by atoms with E-state index in [1.165, 1.54) is 0 Å². The molecule has 1 aromatic carbocycles. The van der Waals surface area contributed by atoms with Gasteiger partial charge in [-0.2, -0.15) is 5.26 Å². The average molecular weight is 286 g/mol. The molecule has 1 aromatic rings. The number of aryl methyl sites for hydroxylation is 2. The van der Waals surface area contributed by atoms with Gasteiger partial charge in [-0.15, -0.1) is 0 Å². The SMILES string of the molecule is Cc1cc(O/C(=C/N(C)C)C(=O)C(C)C)cc(C)c1C#N. The van der Waals surface area contributed by atoms with Crippen molar-refractivity contribution in [1.82, 2.24) is 4.90 Å². The van der Waals surface area contributed by atoms with Gasteiger partial charge in [-0.3, -0.25) is 4.79 Å². The van der Waals surface area contributed by atoms with Gasteiger partial charge in [0.1, 0.15) is 5.75 Å². The number of rotatable bonds is 5. The molecule has 0 saturated carbocycles. The van der Waals surface area contributed by atoms with E-state index in [1.807, 2.05) is 41.8 Å². The number of benzene rings is 1. The van der Waals surface area contributed by atoms with E-state index in [2.05, 4.69) is 6.07 Å². The van der Waals surface area contributed by atoms with Crippen LogP contribution in [0, 0.1) is 31.1 Å². The monoisotopic (exact) mass is 286 g/mol. The molecule has 0 heterocycles. The Morgan fingerprint density at radius 3 is 2.19 bits per heavy atom. The van der Waals surface area contributed by atoms with E-state index in [4.69, 9.17) is 10.00 Å². The van der Waals surface area contributed by atoms with E-state index < -0.39 is 0 Å². The minimum atomic E-state index is -0.142. The van der Waals surface area contributed by atoms with Crippen molar-refractivity contribution in [1.29, 1.82) is 5.26 Å². The predicted octanol–water partition coefficient (Wildman–Crippen LogP) is 3.18. The molecular formula is C17H22N2O2. The van der Waals surface area contributed by atoms with Gasteiger partial charge in [-0.1, -0.05) is 13.8 Å². The Morgan fingerprint density at radius 1 is 1.29 bits per heavy atom. The van der Waals surface area contributed by atoms with Gasteiger partial charge in [-0.05, 0) is 37.1 Å². The fourth-order valence-corrected chi connectivity index (χ4v) is 1.95. The lowest BCUT2D eigenvalue weighted by Crippen LogP contribution is -2.18. The van der Waals surface area contributed by atoms with Crippen molar-refractivity contribution in [3.05, 3.63) is 40.8 Å². The van der Waals surface area contributed by atoms with Gasteiger partial charge in [0.25, 0.3) is 0 Å². The topological polar surface area (TPSA) is 53.3 Å². The molecule has 0 N–H and O–H groups in total. The molecule has 0 fully saturated rings. The summed E-state index contributed by atoms with van der Waals surface area (Å²) in [6.07, 6.45) is 1.67. The van der Waals surface area contributed by atoms with Crippen molar-refractivity contribution >= 4 is 5.78 Å². The fraction of sp³-hybridized carbons (Fsp3) is 0.412. The Bertz CT molecular complexity index is 585. The molecule has 4 nitrogen and oxygen atoms in total. The maximum Gasteiger partial charge on any atom is 0.202 e. The quantitative estimate of drug-likeness (QED) is 0.616. The van der Waals surface area contributed by atoms with Gasteiger partial charge in [0.2, 0.25) is 5.78 Å². The molecule has 112 valence electrons. The van der Waals surface area contributed by atoms with Crippen molar-refractivity contribution in [3.8, 4) is 11.8 Å². The van der Waals surface area contributed by atoms with Crippen LogP contribution in [-0.4, -0.2) is 24.8 Å². The van der Waals surface area contributed by atoms with Crippen LogP contribution in [0.15, 0.2) is 24.1 Å². The molecule has 0 aromatic heterocycles. The number of Topliss-reactive ketones (excluding diaryl/α,β-unsaturated/α-hetero) is 1. The lowest BCUT2D eigenvalue weighted by molar-refractivity contribution is -0.120. The Morgan fingerprint density at radius 2 is 1.81 bits per heavy atom. The van der Waals surface area contributed by atoms with E-state index in [1.54, 1.807) is 23.2 Å². The number of allylic oxidation sites excluding steroid dienone is 1. The molecule has 0 bridgehead atoms. The maximum absolute atomic E-state index is 12.2. The van der Waals surface area contributed by atoms with Gasteiger partial charge in [-0.25, -0.2) is 0 Å². The highest BCUT2D eigenvalue weighted by Gasteiger charge is 2.17. The number of carbonyl (C=O) groups is 1. The van der Waals surface area contributed by atoms with Crippen molar-refractivity contribution in [2.75, 3.05) is 14.1 Å². The van der Waals surface area contributed by atoms with E-state index in [9.17, 15) is 4.79 Å². The minimum Gasteiger partial charge on any atom is -0.452 e. The first-order chi connectivity index (χ1) is 9.76. The first-order valence-electron chi connectivity index (χ1n) is 6.88. The molecule has 0 aliphatic carbocycles. The zero-order valence-electron chi connectivity index (χ0n) is 13.5. The van der Waals surface area contributed by atoms with E-state index >= 15 is 0 Å². The summed E-state index contributed by atoms with van der Waals surface area (Å²) in [5.41, 5.74) is 2.33. The minimum absolute atomic E-state index is 0.0524. The largest absolute Gasteiger partial charge is 0.452 e. The number of hydrogen-bond acceptors (Lipinski definition) is 4. The molecule has 0 radical (unpaired) electrons. The number of hydrogen-bond donors (Lipinski definition) is 0. The third-order valence-corrected chi connectivity index (χ3v) is 2.99. The van der Waals surface area contributed by atoms with Gasteiger partial charge in [0.05, 0.1) is 11.6 Å². The first kappa shape index (κ1) is 16.8. The second-order valence-electron chi connectivity index (χ2n) is 5.62. The molecule has 21 heavy (non-hydrogen) atoms. The fourth-order valence-electron chi connectivity index (χ4n) is 1.95. The second kappa shape index (κ2) is 6.94. The molecule has 0 aliphatic rings. The molecule has 0 unspecified atom stereocenters. The summed E-state index contributed by atoms with van der Waals surface area (Å²) in [6, 6.07) is 5.73. The van der Waals surface area contributed by atoms with Crippen LogP contribution >= 0.6 is 0 Å². The number of nitrogens with zero attached hydrogens (tertiary/aromatic N) is 2. The standard InChI is InChI=1S/C17H22N2O2/c1-11(2)17(20)16(10-19(5)6)21-14-7-12(3)15(9-18)13(4)8-14/h7-8,10-11H,1-6H3/b16-10+. The number of ether oxygens (including phenoxy) is 1. The third-order valence-electron chi connectivity index (χ3n) is 2.99. The zero-order chi connectivity index (χ0) is 16.2. The van der Waals surface area contributed by atoms with Crippen LogP contribution in [0.1, 0.15) is 30.5 Å². The summed E-state index contributed by atoms with van der Waals surface area (Å²) in [6.45, 7) is 7.39. The van der Waals surface area contributed by atoms with Crippen LogP contribution < -0.4 is 4.74 Å². The Hall–Kier alpha value is -2.28. The van der Waals surface area contributed by atoms with Crippen molar-refractivity contribution in [2.45, 2.75) is 27.7 Å². The van der Waals surface area contributed by atoms with E-state index in [0.29, 0.717) is 17.1 Å². The van der Waals surface area contributed by atoms with Crippen LogP contribution in [0.5, 0.6) is 5.75 Å². The van der Waals surface area contributed by atoms with Crippen LogP contribution in [0.4, 0.5) is 0 Å². The zero-order valence-corrected chi connectivity index (χ0v) is 13.5. The smallest absolute Gasteiger partial charge is 0.202 e. The highest BCUT2D eigenvalue weighted by Crippen LogP contribution is 2.23. The summed E-state index contributed by atoms with van der Waals surface area (Å²) in [4.78, 5) is 14.0. The molecule has 0 amide bonds. The third kappa shape index (κ3) is 4.35. The van der Waals surface area contributed by atoms with Crippen LogP contribution in [0.25, 0.3) is 0 Å². The molecule has 4 heteroatoms. The van der Waals surface area contributed by atoms with Crippen molar-refractivity contribution in [3.63, 3.8) is 0 Å². The molecule has 0 saturated heterocycles. The summed E-state index contributed by atoms with van der Waals surface area (Å²) < 4.78 is 5.77. The highest BCUT2D eigenvalue weighted by atomic mass is 16.5. The Labute approximate surface area is 126 Å². The number of ketones is 1. The highest BCUT2D eigenvalue weighted by molar-refractivity contribution is 5.95. The van der Waals surface area contributed by atoms with Gasteiger partial charge in [0, 0.05) is 26.2 Å². The summed E-state index contributed by atoms with van der Waals surface area (Å²) in [7, 11) is 3.68. The Kier molecular flexibility index (Phi) is 5.54. The summed E-state index contributed by atoms with van der Waals surface area (Å²) >= 11 is 0. The molecule has 0 spiro atoms. The second-order valence-corrected chi connectivity index (χ2v) is 5.62. The van der Waals surface area contributed by atoms with Gasteiger partial charge >= 0.3 is 0 Å². The van der Waals surface area contributed by atoms with Crippen LogP contribution in [0.3, 0.4) is 0 Å². The van der Waals surface area contributed by atoms with Crippen LogP contribution in [0.2, 0.25) is 0 Å². The number of carbonyl (C=O) groups excluding carboxylic acids is 1. The van der Waals surface area contributed by atoms with E-state index in [0.717, 1.165) is 11.1 Å². The summed E-state index contributed by atoms with van der Waals surface area (Å²) in [5.74, 6) is 0.685. The lowest BCUT2D eigenvalue weighted by atomic mass is 10.0. The average Bonchev–Trinajstić information content (AvgIpc) is 2.36. The van der Waals surface area contributed by atoms with Crippen LogP contribution in [-0.2, 0) is 4.79 Å². The normalized spacial score (nSPS) is 11.2. The van der Waals surface area contributed by atoms with Gasteiger partial charge < -0.3 is 9.64 Å². The maximum atomic E-state index is 12.2. The van der Waals surface area contributed by atoms with Crippen molar-refractivity contribution in [2.24, 2.45) is 5.92 Å².